The van der Waals surface area contributed by atoms with Gasteiger partial charge in [-0.2, -0.15) is 0 Å². The Bertz CT molecular complexity index is 782. The molecule has 2 aromatic rings. The number of carbonyl (C=O) groups excluding carboxylic acids is 2. The smallest absolute Gasteiger partial charge is 0.252 e. The van der Waals surface area contributed by atoms with E-state index in [2.05, 4.69) is 5.32 Å². The molecule has 0 saturated carbocycles. The van der Waals surface area contributed by atoms with Crippen molar-refractivity contribution in [3.8, 4) is 0 Å². The number of hydrogen-bond acceptors (Lipinski definition) is 4. The molecular formula is C19H25FN2O2S. The highest BCUT2D eigenvalue weighted by Crippen LogP contribution is 2.39. The molecule has 0 aliphatic carbocycles. The summed E-state index contributed by atoms with van der Waals surface area (Å²) in [7, 11) is 0. The van der Waals surface area contributed by atoms with Crippen molar-refractivity contribution in [1.82, 2.24) is 0 Å². The van der Waals surface area contributed by atoms with Crippen molar-refractivity contribution in [1.29, 1.82) is 0 Å². The number of aryl methyl sites for hydroxylation is 1. The normalized spacial score (nSPS) is 10.2. The van der Waals surface area contributed by atoms with E-state index in [0.29, 0.717) is 15.4 Å². The number of hydrogen-bond donors (Lipinski definition) is 2. The fourth-order valence-electron chi connectivity index (χ4n) is 2.43. The molecule has 1 heterocycles. The van der Waals surface area contributed by atoms with E-state index in [1.165, 1.54) is 13.0 Å². The molecule has 0 fully saturated rings. The number of rotatable bonds is 5. The predicted molar refractivity (Wildman–Crippen MR) is 103 cm³/mol. The third kappa shape index (κ3) is 4.66. The Labute approximate surface area is 152 Å². The Morgan fingerprint density at radius 2 is 1.84 bits per heavy atom. The molecule has 25 heavy (non-hydrogen) atoms. The first-order valence-electron chi connectivity index (χ1n) is 8.23. The molecule has 0 aliphatic heterocycles. The molecule has 0 radical (unpaired) electrons. The van der Waals surface area contributed by atoms with E-state index in [0.717, 1.165) is 16.9 Å². The fourth-order valence-corrected chi connectivity index (χ4v) is 3.70. The molecule has 0 atom stereocenters. The molecule has 0 spiro atoms. The van der Waals surface area contributed by atoms with Crippen molar-refractivity contribution in [2.45, 2.75) is 47.5 Å². The number of thiophene rings is 1. The number of benzene rings is 1. The highest BCUT2D eigenvalue weighted by Gasteiger charge is 2.26. The summed E-state index contributed by atoms with van der Waals surface area (Å²) in [5.74, 6) is -1.25. The first kappa shape index (κ1) is 20.8. The second kappa shape index (κ2) is 8.76. The van der Waals surface area contributed by atoms with Crippen LogP contribution in [0, 0.1) is 12.7 Å². The third-order valence-corrected chi connectivity index (χ3v) is 4.68. The van der Waals surface area contributed by atoms with Gasteiger partial charge in [0.2, 0.25) is 0 Å². The van der Waals surface area contributed by atoms with Crippen LogP contribution in [0.25, 0.3) is 0 Å². The van der Waals surface area contributed by atoms with Crippen molar-refractivity contribution >= 4 is 33.7 Å². The van der Waals surface area contributed by atoms with E-state index in [1.807, 2.05) is 27.7 Å². The number of nitrogens with two attached hydrogens (primary N) is 1. The van der Waals surface area contributed by atoms with Gasteiger partial charge in [0, 0.05) is 0 Å². The van der Waals surface area contributed by atoms with E-state index in [4.69, 9.17) is 5.73 Å². The van der Waals surface area contributed by atoms with E-state index in [9.17, 15) is 14.0 Å². The van der Waals surface area contributed by atoms with Gasteiger partial charge in [0.25, 0.3) is 5.91 Å². The van der Waals surface area contributed by atoms with Crippen LogP contribution in [0.3, 0.4) is 0 Å². The van der Waals surface area contributed by atoms with Crippen LogP contribution in [-0.2, 0) is 0 Å². The maximum absolute atomic E-state index is 14.1. The average molecular weight is 364 g/mol. The van der Waals surface area contributed by atoms with Crippen molar-refractivity contribution in [3.63, 3.8) is 0 Å². The summed E-state index contributed by atoms with van der Waals surface area (Å²) in [4.78, 5) is 24.3. The topological polar surface area (TPSA) is 72.2 Å². The first-order valence-corrected chi connectivity index (χ1v) is 9.04. The molecule has 1 aromatic heterocycles. The minimum atomic E-state index is -0.632. The Hall–Kier alpha value is -2.21. The Morgan fingerprint density at radius 1 is 1.24 bits per heavy atom. The summed E-state index contributed by atoms with van der Waals surface area (Å²) in [6.07, 6.45) is 0. The predicted octanol–water partition coefficient (Wildman–Crippen LogP) is 5.39. The van der Waals surface area contributed by atoms with Crippen molar-refractivity contribution in [2.75, 3.05) is 5.32 Å². The monoisotopic (exact) mass is 364 g/mol. The minimum Gasteiger partial charge on any atom is -0.365 e. The standard InChI is InChI=1S/C17H19FN2O2S.C2H6/c1-8(2)13-14(16(19)22)17(23-15(13)10(4)21)20-12-6-5-9(3)7-11(12)18;1-2/h5-8,20H,1-4H3,(H2,19,22);1-2H3. The SMILES string of the molecule is CC.CC(=O)c1sc(Nc2ccc(C)cc2F)c(C(N)=O)c1C(C)C. The number of carbonyl (C=O) groups is 2. The molecule has 3 N–H and O–H groups in total. The lowest BCUT2D eigenvalue weighted by Crippen LogP contribution is -2.15. The number of halogens is 1. The molecule has 0 saturated heterocycles. The van der Waals surface area contributed by atoms with Crippen LogP contribution in [0.2, 0.25) is 0 Å². The number of Topliss-reactive ketones (excluding diaryl/α,β-unsaturated/α-hetero) is 1. The van der Waals surface area contributed by atoms with Gasteiger partial charge in [-0.1, -0.05) is 33.8 Å². The fraction of sp³-hybridized carbons (Fsp3) is 0.368. The van der Waals surface area contributed by atoms with Crippen LogP contribution in [0.15, 0.2) is 18.2 Å². The highest BCUT2D eigenvalue weighted by atomic mass is 32.1. The maximum atomic E-state index is 14.1. The zero-order valence-electron chi connectivity index (χ0n) is 15.5. The zero-order valence-corrected chi connectivity index (χ0v) is 16.3. The maximum Gasteiger partial charge on any atom is 0.252 e. The molecule has 1 amide bonds. The highest BCUT2D eigenvalue weighted by molar-refractivity contribution is 7.18. The summed E-state index contributed by atoms with van der Waals surface area (Å²) in [6.45, 7) is 11.0. The van der Waals surface area contributed by atoms with Crippen molar-refractivity contribution < 1.29 is 14.0 Å². The summed E-state index contributed by atoms with van der Waals surface area (Å²) in [5, 5.41) is 3.31. The van der Waals surface area contributed by atoms with E-state index in [1.54, 1.807) is 19.1 Å². The van der Waals surface area contributed by atoms with E-state index in [-0.39, 0.29) is 23.0 Å². The molecule has 4 nitrogen and oxygen atoms in total. The molecular weight excluding hydrogens is 339 g/mol. The third-order valence-electron chi connectivity index (χ3n) is 3.46. The molecule has 1 aromatic carbocycles. The van der Waals surface area contributed by atoms with Gasteiger partial charge in [0.05, 0.1) is 16.1 Å². The second-order valence-electron chi connectivity index (χ2n) is 5.73. The first-order chi connectivity index (χ1) is 11.7. The van der Waals surface area contributed by atoms with Crippen LogP contribution >= 0.6 is 11.3 Å². The molecule has 0 aliphatic rings. The average Bonchev–Trinajstić information content (AvgIpc) is 2.92. The lowest BCUT2D eigenvalue weighted by Gasteiger charge is -2.10. The van der Waals surface area contributed by atoms with Crippen LogP contribution in [-0.4, -0.2) is 11.7 Å². The molecule has 2 rings (SSSR count). The summed E-state index contributed by atoms with van der Waals surface area (Å²) in [6, 6.07) is 4.75. The van der Waals surface area contributed by atoms with Crippen LogP contribution in [0.5, 0.6) is 0 Å². The van der Waals surface area contributed by atoms with Crippen LogP contribution in [0.1, 0.15) is 71.7 Å². The van der Waals surface area contributed by atoms with Gasteiger partial charge in [0.1, 0.15) is 10.8 Å². The van der Waals surface area contributed by atoms with Gasteiger partial charge < -0.3 is 11.1 Å². The van der Waals surface area contributed by atoms with Gasteiger partial charge in [-0.05, 0) is 43.0 Å². The zero-order chi connectivity index (χ0) is 19.3. The largest absolute Gasteiger partial charge is 0.365 e. The Balaban J connectivity index is 0.00000151. The minimum absolute atomic E-state index is 0.0499. The van der Waals surface area contributed by atoms with Crippen LogP contribution < -0.4 is 11.1 Å². The molecule has 0 unspecified atom stereocenters. The lowest BCUT2D eigenvalue weighted by molar-refractivity contribution is 0.1000. The molecule has 0 bridgehead atoms. The molecule has 136 valence electrons. The molecule has 6 heteroatoms. The summed E-state index contributed by atoms with van der Waals surface area (Å²) >= 11 is 1.13. The Kier molecular flexibility index (Phi) is 7.30. The summed E-state index contributed by atoms with van der Waals surface area (Å²) < 4.78 is 14.1. The summed E-state index contributed by atoms with van der Waals surface area (Å²) in [5.41, 5.74) is 7.41. The van der Waals surface area contributed by atoms with E-state index >= 15 is 0 Å². The van der Waals surface area contributed by atoms with Gasteiger partial charge in [-0.3, -0.25) is 9.59 Å². The number of anilines is 2. The van der Waals surface area contributed by atoms with Gasteiger partial charge in [0.15, 0.2) is 5.78 Å². The van der Waals surface area contributed by atoms with E-state index < -0.39 is 11.7 Å². The lowest BCUT2D eigenvalue weighted by atomic mass is 9.97. The van der Waals surface area contributed by atoms with Gasteiger partial charge >= 0.3 is 0 Å². The van der Waals surface area contributed by atoms with Crippen molar-refractivity contribution in [2.24, 2.45) is 5.73 Å². The van der Waals surface area contributed by atoms with Gasteiger partial charge in [-0.15, -0.1) is 11.3 Å². The number of ketones is 1. The van der Waals surface area contributed by atoms with Crippen molar-refractivity contribution in [3.05, 3.63) is 45.6 Å². The quantitative estimate of drug-likeness (QED) is 0.699. The second-order valence-corrected chi connectivity index (χ2v) is 6.75. The number of nitrogens with one attached hydrogen (secondary N) is 1. The Morgan fingerprint density at radius 3 is 2.28 bits per heavy atom. The van der Waals surface area contributed by atoms with Gasteiger partial charge in [-0.25, -0.2) is 4.39 Å². The number of primary amides is 1. The van der Waals surface area contributed by atoms with Crippen LogP contribution in [0.4, 0.5) is 15.1 Å². The number of amides is 1.